The molecule has 6 rings (SSSR count). The third-order valence-electron chi connectivity index (χ3n) is 5.62. The molecule has 1 aromatic carbocycles. The second kappa shape index (κ2) is 5.22. The fourth-order valence-electron chi connectivity index (χ4n) is 4.34. The van der Waals surface area contributed by atoms with E-state index in [1.165, 1.54) is 31.5 Å². The topological polar surface area (TPSA) is 62.6 Å². The molecule has 1 aromatic heterocycles. The molecule has 5 heterocycles. The van der Waals surface area contributed by atoms with Crippen molar-refractivity contribution < 1.29 is 4.84 Å². The van der Waals surface area contributed by atoms with E-state index in [0.29, 0.717) is 11.9 Å². The van der Waals surface area contributed by atoms with E-state index in [4.69, 9.17) is 4.84 Å². The Labute approximate surface area is 140 Å². The molecule has 2 bridgehead atoms. The van der Waals surface area contributed by atoms with Gasteiger partial charge >= 0.3 is 0 Å². The van der Waals surface area contributed by atoms with Gasteiger partial charge in [-0.2, -0.15) is 4.99 Å². The van der Waals surface area contributed by atoms with Crippen LogP contribution in [-0.2, 0) is 4.84 Å². The number of hydrogen-bond acceptors (Lipinski definition) is 5. The van der Waals surface area contributed by atoms with Crippen molar-refractivity contribution in [2.45, 2.75) is 31.8 Å². The molecule has 124 valence electrons. The summed E-state index contributed by atoms with van der Waals surface area (Å²) in [4.78, 5) is 22.1. The van der Waals surface area contributed by atoms with Gasteiger partial charge in [0.15, 0.2) is 0 Å². The van der Waals surface area contributed by atoms with Crippen LogP contribution in [0.3, 0.4) is 0 Å². The Balaban J connectivity index is 1.42. The molecular weight excluding hydrogens is 302 g/mol. The van der Waals surface area contributed by atoms with Gasteiger partial charge in [0, 0.05) is 24.5 Å². The molecule has 4 saturated heterocycles. The lowest BCUT2D eigenvalue weighted by Crippen LogP contribution is -2.59. The number of piperidine rings is 3. The highest BCUT2D eigenvalue weighted by molar-refractivity contribution is 5.86. The minimum absolute atomic E-state index is 0.108. The zero-order chi connectivity index (χ0) is 16.1. The van der Waals surface area contributed by atoms with E-state index in [2.05, 4.69) is 44.4 Å². The minimum Gasteiger partial charge on any atom is -0.300 e. The maximum atomic E-state index is 6.03. The van der Waals surface area contributed by atoms with Gasteiger partial charge in [-0.3, -0.25) is 10.3 Å². The Hall–Kier alpha value is -2.05. The fourth-order valence-corrected chi connectivity index (χ4v) is 4.34. The molecule has 6 heteroatoms. The first-order valence-electron chi connectivity index (χ1n) is 8.68. The third-order valence-corrected chi connectivity index (χ3v) is 5.62. The van der Waals surface area contributed by atoms with Gasteiger partial charge < -0.3 is 4.90 Å². The average molecular weight is 323 g/mol. The van der Waals surface area contributed by atoms with Crippen LogP contribution in [0.1, 0.15) is 24.8 Å². The van der Waals surface area contributed by atoms with Crippen LogP contribution in [0.4, 0.5) is 5.95 Å². The SMILES string of the molecule is Cc1ccc2nc(/N=C3/CC4(CN5CCC4CC5)ON3)ncc2c1. The summed E-state index contributed by atoms with van der Waals surface area (Å²) in [5.41, 5.74) is 5.07. The maximum Gasteiger partial charge on any atom is 0.251 e. The number of amidine groups is 1. The van der Waals surface area contributed by atoms with Gasteiger partial charge in [-0.1, -0.05) is 11.6 Å². The van der Waals surface area contributed by atoms with E-state index in [9.17, 15) is 0 Å². The summed E-state index contributed by atoms with van der Waals surface area (Å²) < 4.78 is 0. The summed E-state index contributed by atoms with van der Waals surface area (Å²) in [6, 6.07) is 6.17. The molecule has 6 nitrogen and oxygen atoms in total. The van der Waals surface area contributed by atoms with Crippen LogP contribution in [0.15, 0.2) is 29.4 Å². The number of rotatable bonds is 1. The molecule has 0 saturated carbocycles. The van der Waals surface area contributed by atoms with Crippen LogP contribution in [0.2, 0.25) is 0 Å². The smallest absolute Gasteiger partial charge is 0.251 e. The summed E-state index contributed by atoms with van der Waals surface area (Å²) in [6.07, 6.45) is 5.11. The number of aryl methyl sites for hydroxylation is 1. The summed E-state index contributed by atoms with van der Waals surface area (Å²) >= 11 is 0. The van der Waals surface area contributed by atoms with Crippen molar-refractivity contribution in [3.8, 4) is 0 Å². The number of nitrogens with one attached hydrogen (secondary N) is 1. The highest BCUT2D eigenvalue weighted by Crippen LogP contribution is 2.42. The molecular formula is C18H21N5O. The predicted molar refractivity (Wildman–Crippen MR) is 92.1 cm³/mol. The van der Waals surface area contributed by atoms with Crippen molar-refractivity contribution in [3.05, 3.63) is 30.0 Å². The minimum atomic E-state index is -0.108. The van der Waals surface area contributed by atoms with E-state index in [0.717, 1.165) is 29.7 Å². The predicted octanol–water partition coefficient (Wildman–Crippen LogP) is 2.36. The zero-order valence-electron chi connectivity index (χ0n) is 13.8. The second-order valence-electron chi connectivity index (χ2n) is 7.29. The molecule has 2 aromatic rings. The van der Waals surface area contributed by atoms with E-state index in [1.807, 2.05) is 12.3 Å². The normalized spacial score (nSPS) is 33.5. The van der Waals surface area contributed by atoms with Crippen molar-refractivity contribution in [1.29, 1.82) is 0 Å². The van der Waals surface area contributed by atoms with Crippen LogP contribution < -0.4 is 5.48 Å². The Morgan fingerprint density at radius 2 is 2.21 bits per heavy atom. The van der Waals surface area contributed by atoms with Gasteiger partial charge in [-0.05, 0) is 50.9 Å². The quantitative estimate of drug-likeness (QED) is 0.873. The largest absolute Gasteiger partial charge is 0.300 e. The molecule has 4 aliphatic rings. The molecule has 0 amide bonds. The molecule has 1 spiro atoms. The molecule has 1 atom stereocenters. The van der Waals surface area contributed by atoms with E-state index < -0.39 is 0 Å². The van der Waals surface area contributed by atoms with Gasteiger partial charge in [0.05, 0.1) is 5.52 Å². The molecule has 4 aliphatic heterocycles. The fraction of sp³-hybridized carbons (Fsp3) is 0.500. The number of hydroxylamine groups is 1. The Morgan fingerprint density at radius 3 is 3.00 bits per heavy atom. The Morgan fingerprint density at radius 1 is 1.33 bits per heavy atom. The first-order chi connectivity index (χ1) is 11.7. The van der Waals surface area contributed by atoms with Crippen molar-refractivity contribution >= 4 is 22.7 Å². The molecule has 1 N–H and O–H groups in total. The lowest BCUT2D eigenvalue weighted by molar-refractivity contribution is -0.150. The standard InChI is InChI=1S/C18H21N5O/c1-12-2-3-15-13(8-12)10-19-17(20-15)21-16-9-18(24-22-16)11-23-6-4-14(18)5-7-23/h2-3,8,10,14H,4-7,9,11H2,1H3,(H,19,20,21,22). The highest BCUT2D eigenvalue weighted by atomic mass is 16.7. The van der Waals surface area contributed by atoms with Crippen LogP contribution in [0.5, 0.6) is 0 Å². The maximum absolute atomic E-state index is 6.03. The average Bonchev–Trinajstić information content (AvgIpc) is 2.98. The number of aliphatic imine (C=N–C) groups is 1. The molecule has 0 aliphatic carbocycles. The number of benzene rings is 1. The first kappa shape index (κ1) is 14.3. The first-order valence-corrected chi connectivity index (χ1v) is 8.68. The lowest BCUT2D eigenvalue weighted by Gasteiger charge is -2.49. The molecule has 1 unspecified atom stereocenters. The number of hydrogen-bond donors (Lipinski definition) is 1. The van der Waals surface area contributed by atoms with E-state index >= 15 is 0 Å². The van der Waals surface area contributed by atoms with Gasteiger partial charge in [-0.15, -0.1) is 0 Å². The lowest BCUT2D eigenvalue weighted by atomic mass is 9.74. The third kappa shape index (κ3) is 2.29. The van der Waals surface area contributed by atoms with Gasteiger partial charge in [0.2, 0.25) is 0 Å². The number of aromatic nitrogens is 2. The summed E-state index contributed by atoms with van der Waals surface area (Å²) in [6.45, 7) is 5.48. The summed E-state index contributed by atoms with van der Waals surface area (Å²) in [5.74, 6) is 1.97. The van der Waals surface area contributed by atoms with Crippen molar-refractivity contribution in [1.82, 2.24) is 20.3 Å². The number of fused-ring (bicyclic) bond motifs is 3. The van der Waals surface area contributed by atoms with Crippen LogP contribution in [-0.4, -0.2) is 45.9 Å². The Kier molecular flexibility index (Phi) is 3.11. The summed E-state index contributed by atoms with van der Waals surface area (Å²) in [7, 11) is 0. The monoisotopic (exact) mass is 323 g/mol. The zero-order valence-corrected chi connectivity index (χ0v) is 13.8. The van der Waals surface area contributed by atoms with Crippen LogP contribution in [0, 0.1) is 12.8 Å². The number of nitrogens with zero attached hydrogens (tertiary/aromatic N) is 4. The summed E-state index contributed by atoms with van der Waals surface area (Å²) in [5, 5.41) is 1.04. The van der Waals surface area contributed by atoms with E-state index in [1.54, 1.807) is 0 Å². The Bertz CT molecular complexity index is 827. The van der Waals surface area contributed by atoms with E-state index in [-0.39, 0.29) is 5.60 Å². The van der Waals surface area contributed by atoms with Crippen molar-refractivity contribution in [2.75, 3.05) is 19.6 Å². The van der Waals surface area contributed by atoms with Crippen LogP contribution >= 0.6 is 0 Å². The highest BCUT2D eigenvalue weighted by Gasteiger charge is 2.52. The molecule has 4 fully saturated rings. The van der Waals surface area contributed by atoms with Gasteiger partial charge in [0.1, 0.15) is 11.4 Å². The molecule has 24 heavy (non-hydrogen) atoms. The van der Waals surface area contributed by atoms with Crippen molar-refractivity contribution in [2.24, 2.45) is 10.9 Å². The van der Waals surface area contributed by atoms with Gasteiger partial charge in [-0.25, -0.2) is 9.97 Å². The van der Waals surface area contributed by atoms with Gasteiger partial charge in [0.25, 0.3) is 5.95 Å². The molecule has 0 radical (unpaired) electrons. The van der Waals surface area contributed by atoms with Crippen LogP contribution in [0.25, 0.3) is 10.9 Å². The second-order valence-corrected chi connectivity index (χ2v) is 7.29. The van der Waals surface area contributed by atoms with Crippen molar-refractivity contribution in [3.63, 3.8) is 0 Å².